The predicted octanol–water partition coefficient (Wildman–Crippen LogP) is 3.80. The Bertz CT molecular complexity index is 878. The van der Waals surface area contributed by atoms with Crippen LogP contribution in [0.15, 0.2) is 24.4 Å². The highest BCUT2D eigenvalue weighted by Gasteiger charge is 2.25. The van der Waals surface area contributed by atoms with Gasteiger partial charge in [-0.2, -0.15) is 0 Å². The minimum atomic E-state index is -0.368. The molecule has 9 heteroatoms. The Morgan fingerprint density at radius 3 is 2.79 bits per heavy atom. The van der Waals surface area contributed by atoms with E-state index in [9.17, 15) is 9.90 Å². The molecule has 0 spiro atoms. The molecule has 1 aliphatic rings. The molecular weight excluding hydrogens is 413 g/mol. The van der Waals surface area contributed by atoms with Crippen LogP contribution in [-0.2, 0) is 13.0 Å². The number of urea groups is 1. The van der Waals surface area contributed by atoms with Gasteiger partial charge >= 0.3 is 6.03 Å². The summed E-state index contributed by atoms with van der Waals surface area (Å²) in [4.78, 5) is 23.5. The second kappa shape index (κ2) is 9.61. The van der Waals surface area contributed by atoms with Crippen molar-refractivity contribution in [2.75, 3.05) is 18.5 Å². The monoisotopic (exact) mass is 437 g/mol. The van der Waals surface area contributed by atoms with Gasteiger partial charge in [0.25, 0.3) is 0 Å². The summed E-state index contributed by atoms with van der Waals surface area (Å²) in [6.45, 7) is 4.96. The van der Waals surface area contributed by atoms with Crippen molar-refractivity contribution in [2.24, 2.45) is 0 Å². The first-order valence-corrected chi connectivity index (χ1v) is 10.4. The number of benzene rings is 1. The summed E-state index contributed by atoms with van der Waals surface area (Å²) in [7, 11) is 0. The molecule has 1 aliphatic heterocycles. The molecule has 2 aromatic rings. The maximum atomic E-state index is 12.9. The van der Waals surface area contributed by atoms with Gasteiger partial charge in [-0.1, -0.05) is 29.3 Å². The Morgan fingerprint density at radius 2 is 2.10 bits per heavy atom. The van der Waals surface area contributed by atoms with Crippen LogP contribution < -0.4 is 10.6 Å². The maximum Gasteiger partial charge on any atom is 0.318 e. The van der Waals surface area contributed by atoms with Gasteiger partial charge in [0.15, 0.2) is 0 Å². The third-order valence-electron chi connectivity index (χ3n) is 4.71. The van der Waals surface area contributed by atoms with Crippen LogP contribution in [0.25, 0.3) is 0 Å². The van der Waals surface area contributed by atoms with E-state index in [4.69, 9.17) is 23.2 Å². The summed E-state index contributed by atoms with van der Waals surface area (Å²) in [5, 5.41) is 16.5. The maximum absolute atomic E-state index is 12.9. The zero-order valence-electron chi connectivity index (χ0n) is 16.5. The lowest BCUT2D eigenvalue weighted by Crippen LogP contribution is -2.44. The fraction of sp³-hybridized carbons (Fsp3) is 0.450. The number of halogens is 2. The fourth-order valence-electron chi connectivity index (χ4n) is 3.22. The number of amides is 2. The van der Waals surface area contributed by atoms with Crippen molar-refractivity contribution >= 4 is 35.2 Å². The molecule has 0 saturated heterocycles. The van der Waals surface area contributed by atoms with Gasteiger partial charge in [-0.05, 0) is 49.9 Å². The average molecular weight is 438 g/mol. The Labute approximate surface area is 180 Å². The van der Waals surface area contributed by atoms with Crippen LogP contribution in [0.4, 0.5) is 10.7 Å². The predicted molar refractivity (Wildman–Crippen MR) is 114 cm³/mol. The molecule has 0 bridgehead atoms. The number of nitrogens with one attached hydrogen (secondary N) is 2. The number of carbonyl (C=O) groups is 1. The van der Waals surface area contributed by atoms with E-state index in [-0.39, 0.29) is 24.7 Å². The second-order valence-corrected chi connectivity index (χ2v) is 8.14. The third-order valence-corrected chi connectivity index (χ3v) is 5.45. The number of hydrogen-bond acceptors (Lipinski definition) is 5. The van der Waals surface area contributed by atoms with E-state index in [1.54, 1.807) is 23.1 Å². The number of fused-ring (bicyclic) bond motifs is 1. The Kier molecular flexibility index (Phi) is 7.16. The van der Waals surface area contributed by atoms with Crippen molar-refractivity contribution in [1.29, 1.82) is 0 Å². The number of aliphatic hydroxyl groups is 1. The zero-order chi connectivity index (χ0) is 21.0. The molecule has 0 unspecified atom stereocenters. The van der Waals surface area contributed by atoms with Crippen molar-refractivity contribution in [2.45, 2.75) is 45.3 Å². The highest BCUT2D eigenvalue weighted by molar-refractivity contribution is 6.42. The van der Waals surface area contributed by atoms with Gasteiger partial charge in [-0.3, -0.25) is 0 Å². The molecule has 1 aromatic carbocycles. The normalized spacial score (nSPS) is 14.5. The molecule has 1 aromatic heterocycles. The van der Waals surface area contributed by atoms with Gasteiger partial charge in [0, 0.05) is 25.4 Å². The van der Waals surface area contributed by atoms with Crippen LogP contribution in [0, 0.1) is 0 Å². The fourth-order valence-corrected chi connectivity index (χ4v) is 3.53. The number of hydrogen-bond donors (Lipinski definition) is 3. The molecule has 7 nitrogen and oxygen atoms in total. The van der Waals surface area contributed by atoms with E-state index >= 15 is 0 Å². The first-order valence-electron chi connectivity index (χ1n) is 9.60. The number of nitrogens with zero attached hydrogens (tertiary/aromatic N) is 3. The molecule has 0 radical (unpaired) electrons. The van der Waals surface area contributed by atoms with Crippen LogP contribution in [0.3, 0.4) is 0 Å². The summed E-state index contributed by atoms with van der Waals surface area (Å²) >= 11 is 12.1. The molecule has 0 aliphatic carbocycles. The van der Waals surface area contributed by atoms with Crippen LogP contribution in [0.5, 0.6) is 0 Å². The minimum absolute atomic E-state index is 0.0640. The lowest BCUT2D eigenvalue weighted by molar-refractivity contribution is 0.183. The van der Waals surface area contributed by atoms with Gasteiger partial charge in [0.05, 0.1) is 28.3 Å². The minimum Gasteiger partial charge on any atom is -0.396 e. The molecule has 0 saturated carbocycles. The van der Waals surface area contributed by atoms with Crippen molar-refractivity contribution in [3.63, 3.8) is 0 Å². The van der Waals surface area contributed by atoms with Gasteiger partial charge in [-0.25, -0.2) is 14.8 Å². The van der Waals surface area contributed by atoms with Crippen molar-refractivity contribution in [3.8, 4) is 0 Å². The summed E-state index contributed by atoms with van der Waals surface area (Å²) in [6, 6.07) is 4.85. The number of carbonyl (C=O) groups excluding carboxylic acids is 1. The largest absolute Gasteiger partial charge is 0.396 e. The summed E-state index contributed by atoms with van der Waals surface area (Å²) in [5.74, 6) is 0.565. The molecule has 3 rings (SSSR count). The Morgan fingerprint density at radius 1 is 1.31 bits per heavy atom. The lowest BCUT2D eigenvalue weighted by Gasteiger charge is -2.30. The van der Waals surface area contributed by atoms with E-state index in [1.165, 1.54) is 0 Å². The van der Waals surface area contributed by atoms with E-state index in [0.717, 1.165) is 16.8 Å². The highest BCUT2D eigenvalue weighted by Crippen LogP contribution is 2.27. The van der Waals surface area contributed by atoms with E-state index in [0.29, 0.717) is 41.9 Å². The van der Waals surface area contributed by atoms with Crippen LogP contribution in [-0.4, -0.2) is 45.2 Å². The van der Waals surface area contributed by atoms with Crippen LogP contribution in [0.1, 0.15) is 43.1 Å². The van der Waals surface area contributed by atoms with Gasteiger partial charge in [0.2, 0.25) is 5.95 Å². The smallest absolute Gasteiger partial charge is 0.318 e. The van der Waals surface area contributed by atoms with E-state index in [1.807, 2.05) is 20.0 Å². The SMILES string of the molecule is CC(C)Nc1ncc2c(n1)CN(C(=O)N[C@@H](CCO)c1ccc(Cl)c(Cl)c1)CC2. The molecular formula is C20H25Cl2N5O2. The first-order chi connectivity index (χ1) is 13.9. The summed E-state index contributed by atoms with van der Waals surface area (Å²) in [5.41, 5.74) is 2.70. The standard InChI is InChI=1S/C20H25Cl2N5O2/c1-12(2)24-19-23-10-14-5-7-27(11-18(14)25-19)20(29)26-17(6-8-28)13-3-4-15(21)16(22)9-13/h3-4,9-10,12,17,28H,5-8,11H2,1-2H3,(H,26,29)(H,23,24,25)/t17-/m0/s1. The number of aliphatic hydroxyl groups excluding tert-OH is 1. The Balaban J connectivity index is 1.71. The average Bonchev–Trinajstić information content (AvgIpc) is 2.68. The first kappa shape index (κ1) is 21.6. The van der Waals surface area contributed by atoms with E-state index in [2.05, 4.69) is 20.6 Å². The van der Waals surface area contributed by atoms with Crippen molar-refractivity contribution in [1.82, 2.24) is 20.2 Å². The number of rotatable bonds is 6. The molecule has 3 N–H and O–H groups in total. The molecule has 29 heavy (non-hydrogen) atoms. The highest BCUT2D eigenvalue weighted by atomic mass is 35.5. The van der Waals surface area contributed by atoms with Crippen molar-refractivity contribution < 1.29 is 9.90 Å². The third kappa shape index (κ3) is 5.50. The van der Waals surface area contributed by atoms with Crippen LogP contribution >= 0.6 is 23.2 Å². The zero-order valence-corrected chi connectivity index (χ0v) is 18.0. The van der Waals surface area contributed by atoms with Gasteiger partial charge in [-0.15, -0.1) is 0 Å². The second-order valence-electron chi connectivity index (χ2n) is 7.32. The Hall–Kier alpha value is -2.09. The van der Waals surface area contributed by atoms with E-state index < -0.39 is 0 Å². The lowest BCUT2D eigenvalue weighted by atomic mass is 10.0. The van der Waals surface area contributed by atoms with Gasteiger partial charge < -0.3 is 20.6 Å². The van der Waals surface area contributed by atoms with Crippen LogP contribution in [0.2, 0.25) is 10.0 Å². The summed E-state index contributed by atoms with van der Waals surface area (Å²) in [6.07, 6.45) is 2.90. The molecule has 0 fully saturated rings. The molecule has 2 amide bonds. The molecule has 2 heterocycles. The number of anilines is 1. The quantitative estimate of drug-likeness (QED) is 0.639. The molecule has 1 atom stereocenters. The number of aromatic nitrogens is 2. The van der Waals surface area contributed by atoms with Crippen molar-refractivity contribution in [3.05, 3.63) is 51.3 Å². The summed E-state index contributed by atoms with van der Waals surface area (Å²) < 4.78 is 0. The topological polar surface area (TPSA) is 90.4 Å². The molecule has 156 valence electrons. The van der Waals surface area contributed by atoms with Gasteiger partial charge in [0.1, 0.15) is 0 Å².